The van der Waals surface area contributed by atoms with E-state index in [-0.39, 0.29) is 0 Å². The third-order valence-corrected chi connectivity index (χ3v) is 12.9. The van der Waals surface area contributed by atoms with Crippen LogP contribution in [0.25, 0.3) is 44.5 Å². The molecule has 1 nitrogen and oxygen atoms in total. The predicted molar refractivity (Wildman–Crippen MR) is 232 cm³/mol. The molecule has 8 aromatic rings. The molecule has 0 fully saturated rings. The maximum atomic E-state index is 2.52. The molecule has 2 unspecified atom stereocenters. The van der Waals surface area contributed by atoms with Crippen molar-refractivity contribution in [3.8, 4) is 44.5 Å². The summed E-state index contributed by atoms with van der Waals surface area (Å²) in [5, 5.41) is 0. The fourth-order valence-electron chi connectivity index (χ4n) is 10.6. The third kappa shape index (κ3) is 4.26. The Morgan fingerprint density at radius 3 is 1.57 bits per heavy atom. The Balaban J connectivity index is 1.12. The number of fused-ring (bicyclic) bond motifs is 16. The smallest absolute Gasteiger partial charge is 0.0726 e. The van der Waals surface area contributed by atoms with E-state index in [1.807, 2.05) is 0 Å². The molecule has 8 aromatic carbocycles. The van der Waals surface area contributed by atoms with Crippen molar-refractivity contribution in [1.82, 2.24) is 0 Å². The number of nitrogens with zero attached hydrogens (tertiary/aromatic N) is 1. The molecule has 0 heterocycles. The molecule has 0 aliphatic heterocycles. The Bertz CT molecular complexity index is 2880. The van der Waals surface area contributed by atoms with Crippen molar-refractivity contribution in [2.24, 2.45) is 0 Å². The molecule has 0 radical (unpaired) electrons. The molecule has 1 spiro atoms. The van der Waals surface area contributed by atoms with E-state index in [0.717, 1.165) is 11.4 Å². The molecule has 4 aliphatic carbocycles. The highest BCUT2D eigenvalue weighted by atomic mass is 15.1. The fraction of sp³-hybridized carbons (Fsp3) is 0.0545. The van der Waals surface area contributed by atoms with Crippen molar-refractivity contribution in [2.45, 2.75) is 17.3 Å². The molecule has 0 aromatic heterocycles. The Kier molecular flexibility index (Phi) is 6.74. The number of anilines is 3. The molecule has 0 saturated heterocycles. The summed E-state index contributed by atoms with van der Waals surface area (Å²) in [4.78, 5) is 2.52. The molecule has 0 saturated carbocycles. The first-order valence-corrected chi connectivity index (χ1v) is 19.8. The second-order valence-electron chi connectivity index (χ2n) is 15.5. The molecule has 0 amide bonds. The number of allylic oxidation sites excluding steroid dienone is 4. The van der Waals surface area contributed by atoms with Gasteiger partial charge in [-0.3, -0.25) is 0 Å². The molecular formula is C55H37N. The molecule has 0 bridgehead atoms. The first-order valence-electron chi connectivity index (χ1n) is 19.8. The fourth-order valence-corrected chi connectivity index (χ4v) is 10.6. The van der Waals surface area contributed by atoms with Gasteiger partial charge in [0.05, 0.1) is 11.1 Å². The molecule has 262 valence electrons. The van der Waals surface area contributed by atoms with Crippen molar-refractivity contribution in [2.75, 3.05) is 4.90 Å². The average Bonchev–Trinajstić information content (AvgIpc) is 3.75. The maximum Gasteiger partial charge on any atom is 0.0726 e. The van der Waals surface area contributed by atoms with Crippen LogP contribution in [-0.2, 0) is 5.41 Å². The standard InChI is InChI=1S/C55H37N/c1-2-15-36(16-3-1)37-29-31-38(32-30-37)56(39-33-34-44-42-19-5-4-17-40(42)41-18-6-7-20-43(41)48(44)35-39)53-28-14-27-52-54(53)47-23-10-13-26-51(47)55(52)49-24-11-8-21-45(49)46-22-9-12-25-50(46)55/h1-35,40,42H. The van der Waals surface area contributed by atoms with Crippen LogP contribution in [0.15, 0.2) is 212 Å². The van der Waals surface area contributed by atoms with E-state index >= 15 is 0 Å². The van der Waals surface area contributed by atoms with Gasteiger partial charge in [0.2, 0.25) is 0 Å². The van der Waals surface area contributed by atoms with Crippen LogP contribution in [0, 0.1) is 0 Å². The summed E-state index contributed by atoms with van der Waals surface area (Å²) in [6, 6.07) is 70.4. The summed E-state index contributed by atoms with van der Waals surface area (Å²) in [6.45, 7) is 0. The number of benzene rings is 8. The van der Waals surface area contributed by atoms with Gasteiger partial charge in [-0.15, -0.1) is 0 Å². The van der Waals surface area contributed by atoms with Crippen molar-refractivity contribution in [1.29, 1.82) is 0 Å². The first kappa shape index (κ1) is 31.4. The van der Waals surface area contributed by atoms with Crippen LogP contribution < -0.4 is 4.90 Å². The monoisotopic (exact) mass is 711 g/mol. The van der Waals surface area contributed by atoms with Gasteiger partial charge in [0, 0.05) is 28.8 Å². The zero-order chi connectivity index (χ0) is 36.8. The van der Waals surface area contributed by atoms with Crippen molar-refractivity contribution < 1.29 is 0 Å². The van der Waals surface area contributed by atoms with Crippen molar-refractivity contribution in [3.63, 3.8) is 0 Å². The zero-order valence-corrected chi connectivity index (χ0v) is 30.8. The van der Waals surface area contributed by atoms with Crippen molar-refractivity contribution >= 4 is 17.1 Å². The van der Waals surface area contributed by atoms with E-state index in [9.17, 15) is 0 Å². The molecular weight excluding hydrogens is 675 g/mol. The lowest BCUT2D eigenvalue weighted by Gasteiger charge is -2.35. The van der Waals surface area contributed by atoms with Crippen LogP contribution in [-0.4, -0.2) is 0 Å². The van der Waals surface area contributed by atoms with Gasteiger partial charge in [-0.2, -0.15) is 0 Å². The summed E-state index contributed by atoms with van der Waals surface area (Å²) < 4.78 is 0. The summed E-state index contributed by atoms with van der Waals surface area (Å²) >= 11 is 0. The Morgan fingerprint density at radius 1 is 0.357 bits per heavy atom. The maximum absolute atomic E-state index is 2.52. The van der Waals surface area contributed by atoms with Gasteiger partial charge in [-0.05, 0) is 103 Å². The Labute approximate surface area is 328 Å². The molecule has 2 atom stereocenters. The van der Waals surface area contributed by atoms with E-state index in [1.54, 1.807) is 0 Å². The minimum absolute atomic E-state index is 0.313. The lowest BCUT2D eigenvalue weighted by atomic mass is 9.70. The van der Waals surface area contributed by atoms with Gasteiger partial charge in [-0.25, -0.2) is 0 Å². The summed E-state index contributed by atoms with van der Waals surface area (Å²) in [5.41, 5.74) is 21.5. The van der Waals surface area contributed by atoms with Crippen LogP contribution in [0.1, 0.15) is 45.2 Å². The molecule has 1 heteroatoms. The molecule has 0 N–H and O–H groups in total. The van der Waals surface area contributed by atoms with Gasteiger partial charge in [0.25, 0.3) is 0 Å². The SMILES string of the molecule is C1=CC2c3ccccc3-c3cc(N(c4ccc(-c5ccccc5)cc4)c4cccc5c4-c4ccccc4C54c5ccccc5-c5ccccc54)ccc3C2C=C1. The van der Waals surface area contributed by atoms with Crippen LogP contribution in [0.5, 0.6) is 0 Å². The highest BCUT2D eigenvalue weighted by Gasteiger charge is 2.52. The second kappa shape index (κ2) is 12.0. The van der Waals surface area contributed by atoms with Gasteiger partial charge < -0.3 is 4.90 Å². The lowest BCUT2D eigenvalue weighted by Crippen LogP contribution is -2.26. The Hall–Kier alpha value is -6.96. The minimum atomic E-state index is -0.414. The van der Waals surface area contributed by atoms with Crippen LogP contribution in [0.2, 0.25) is 0 Å². The molecule has 56 heavy (non-hydrogen) atoms. The van der Waals surface area contributed by atoms with Crippen molar-refractivity contribution in [3.05, 3.63) is 246 Å². The van der Waals surface area contributed by atoms with E-state index in [4.69, 9.17) is 0 Å². The third-order valence-electron chi connectivity index (χ3n) is 12.9. The molecule has 12 rings (SSSR count). The van der Waals surface area contributed by atoms with E-state index in [0.29, 0.717) is 11.8 Å². The van der Waals surface area contributed by atoms with Crippen LogP contribution >= 0.6 is 0 Å². The first-order chi connectivity index (χ1) is 27.8. The highest BCUT2D eigenvalue weighted by molar-refractivity contribution is 6.01. The average molecular weight is 712 g/mol. The van der Waals surface area contributed by atoms with E-state index in [2.05, 4.69) is 217 Å². The molecule has 4 aliphatic rings. The second-order valence-corrected chi connectivity index (χ2v) is 15.5. The highest BCUT2D eigenvalue weighted by Crippen LogP contribution is 2.64. The number of hydrogen-bond acceptors (Lipinski definition) is 1. The van der Waals surface area contributed by atoms with E-state index < -0.39 is 5.41 Å². The zero-order valence-electron chi connectivity index (χ0n) is 30.8. The van der Waals surface area contributed by atoms with Gasteiger partial charge in [0.15, 0.2) is 0 Å². The van der Waals surface area contributed by atoms with Gasteiger partial charge in [0.1, 0.15) is 0 Å². The largest absolute Gasteiger partial charge is 0.310 e. The summed E-state index contributed by atoms with van der Waals surface area (Å²) in [6.07, 6.45) is 9.19. The number of rotatable bonds is 4. The van der Waals surface area contributed by atoms with Gasteiger partial charge >= 0.3 is 0 Å². The van der Waals surface area contributed by atoms with Crippen LogP contribution in [0.3, 0.4) is 0 Å². The number of hydrogen-bond donors (Lipinski definition) is 0. The summed E-state index contributed by atoms with van der Waals surface area (Å²) in [5.74, 6) is 0.659. The minimum Gasteiger partial charge on any atom is -0.310 e. The summed E-state index contributed by atoms with van der Waals surface area (Å²) in [7, 11) is 0. The topological polar surface area (TPSA) is 3.24 Å². The Morgan fingerprint density at radius 2 is 0.875 bits per heavy atom. The predicted octanol–water partition coefficient (Wildman–Crippen LogP) is 14.1. The van der Waals surface area contributed by atoms with Crippen LogP contribution in [0.4, 0.5) is 17.1 Å². The lowest BCUT2D eigenvalue weighted by molar-refractivity contribution is 0.720. The normalized spacial score (nSPS) is 16.9. The van der Waals surface area contributed by atoms with Gasteiger partial charge in [-0.1, -0.05) is 182 Å². The quantitative estimate of drug-likeness (QED) is 0.176. The van der Waals surface area contributed by atoms with E-state index in [1.165, 1.54) is 83.6 Å².